The maximum atomic E-state index is 13.6. The van der Waals surface area contributed by atoms with Crippen LogP contribution in [0.4, 0.5) is 4.39 Å². The van der Waals surface area contributed by atoms with Crippen molar-refractivity contribution < 1.29 is 14.3 Å². The molecule has 0 fully saturated rings. The number of amides is 1. The Hall–Kier alpha value is -2.36. The SMILES string of the molecule is Cc1c(O)cccc1C(=O)NC(C)c1ccccc1F. The molecule has 1 atom stereocenters. The second kappa shape index (κ2) is 5.74. The Morgan fingerprint density at radius 1 is 1.20 bits per heavy atom. The molecule has 0 aliphatic carbocycles. The first-order valence-corrected chi connectivity index (χ1v) is 6.34. The summed E-state index contributed by atoms with van der Waals surface area (Å²) in [4.78, 5) is 12.2. The number of hydrogen-bond acceptors (Lipinski definition) is 2. The molecule has 104 valence electrons. The summed E-state index contributed by atoms with van der Waals surface area (Å²) >= 11 is 0. The van der Waals surface area contributed by atoms with Gasteiger partial charge in [-0.25, -0.2) is 4.39 Å². The van der Waals surface area contributed by atoms with E-state index in [0.29, 0.717) is 16.7 Å². The molecule has 0 saturated carbocycles. The summed E-state index contributed by atoms with van der Waals surface area (Å²) in [6, 6.07) is 10.6. The number of halogens is 1. The van der Waals surface area contributed by atoms with Gasteiger partial charge in [-0.3, -0.25) is 4.79 Å². The average molecular weight is 273 g/mol. The smallest absolute Gasteiger partial charge is 0.252 e. The summed E-state index contributed by atoms with van der Waals surface area (Å²) in [6.45, 7) is 3.38. The van der Waals surface area contributed by atoms with Crippen molar-refractivity contribution in [2.24, 2.45) is 0 Å². The Kier molecular flexibility index (Phi) is 4.03. The normalized spacial score (nSPS) is 11.9. The van der Waals surface area contributed by atoms with Crippen molar-refractivity contribution in [3.05, 3.63) is 65.0 Å². The van der Waals surface area contributed by atoms with E-state index < -0.39 is 6.04 Å². The highest BCUT2D eigenvalue weighted by Crippen LogP contribution is 2.21. The lowest BCUT2D eigenvalue weighted by Crippen LogP contribution is -2.27. The van der Waals surface area contributed by atoms with Crippen molar-refractivity contribution in [3.8, 4) is 5.75 Å². The molecule has 2 N–H and O–H groups in total. The minimum Gasteiger partial charge on any atom is -0.508 e. The molecular weight excluding hydrogens is 257 g/mol. The van der Waals surface area contributed by atoms with Gasteiger partial charge in [-0.05, 0) is 32.0 Å². The highest BCUT2D eigenvalue weighted by molar-refractivity contribution is 5.96. The number of phenolic OH excluding ortho intramolecular Hbond substituents is 1. The van der Waals surface area contributed by atoms with Crippen LogP contribution in [0.2, 0.25) is 0 Å². The first-order valence-electron chi connectivity index (χ1n) is 6.34. The minimum absolute atomic E-state index is 0.0659. The van der Waals surface area contributed by atoms with E-state index >= 15 is 0 Å². The average Bonchev–Trinajstić information content (AvgIpc) is 2.42. The predicted molar refractivity (Wildman–Crippen MR) is 75.1 cm³/mol. The molecule has 0 bridgehead atoms. The van der Waals surface area contributed by atoms with E-state index in [4.69, 9.17) is 0 Å². The molecule has 2 rings (SSSR count). The molecule has 1 amide bonds. The third-order valence-electron chi connectivity index (χ3n) is 3.27. The zero-order chi connectivity index (χ0) is 14.7. The first kappa shape index (κ1) is 14.1. The first-order chi connectivity index (χ1) is 9.50. The molecule has 0 heterocycles. The standard InChI is InChI=1S/C16H16FNO2/c1-10-12(7-5-9-15(10)19)16(20)18-11(2)13-6-3-4-8-14(13)17/h3-9,11,19H,1-2H3,(H,18,20). The number of phenols is 1. The fraction of sp³-hybridized carbons (Fsp3) is 0.188. The summed E-state index contributed by atoms with van der Waals surface area (Å²) in [7, 11) is 0. The summed E-state index contributed by atoms with van der Waals surface area (Å²) in [6.07, 6.45) is 0. The van der Waals surface area contributed by atoms with Crippen LogP contribution in [0.15, 0.2) is 42.5 Å². The van der Waals surface area contributed by atoms with Gasteiger partial charge in [-0.2, -0.15) is 0 Å². The third-order valence-corrected chi connectivity index (χ3v) is 3.27. The molecule has 0 aliphatic rings. The molecule has 0 saturated heterocycles. The molecule has 1 unspecified atom stereocenters. The van der Waals surface area contributed by atoms with Crippen LogP contribution in [0.3, 0.4) is 0 Å². The van der Waals surface area contributed by atoms with E-state index in [1.807, 2.05) is 0 Å². The second-order valence-corrected chi connectivity index (χ2v) is 4.67. The van der Waals surface area contributed by atoms with Gasteiger partial charge in [0.15, 0.2) is 0 Å². The lowest BCUT2D eigenvalue weighted by atomic mass is 10.0. The lowest BCUT2D eigenvalue weighted by molar-refractivity contribution is 0.0938. The van der Waals surface area contributed by atoms with Crippen LogP contribution < -0.4 is 5.32 Å². The lowest BCUT2D eigenvalue weighted by Gasteiger charge is -2.16. The molecule has 0 aromatic heterocycles. The largest absolute Gasteiger partial charge is 0.508 e. The second-order valence-electron chi connectivity index (χ2n) is 4.67. The molecule has 2 aromatic rings. The van der Waals surface area contributed by atoms with Crippen molar-refractivity contribution in [1.29, 1.82) is 0 Å². The molecule has 2 aromatic carbocycles. The molecular formula is C16H16FNO2. The maximum absolute atomic E-state index is 13.6. The van der Waals surface area contributed by atoms with Crippen molar-refractivity contribution in [2.45, 2.75) is 19.9 Å². The van der Waals surface area contributed by atoms with E-state index in [0.717, 1.165) is 0 Å². The Morgan fingerprint density at radius 3 is 2.60 bits per heavy atom. The van der Waals surface area contributed by atoms with Crippen LogP contribution in [0.5, 0.6) is 5.75 Å². The summed E-state index contributed by atoms with van der Waals surface area (Å²) in [5, 5.41) is 12.3. The molecule has 0 radical (unpaired) electrons. The fourth-order valence-electron chi connectivity index (χ4n) is 2.05. The molecule has 0 spiro atoms. The Bertz CT molecular complexity index is 640. The molecule has 20 heavy (non-hydrogen) atoms. The van der Waals surface area contributed by atoms with Crippen LogP contribution in [0.25, 0.3) is 0 Å². The quantitative estimate of drug-likeness (QED) is 0.901. The van der Waals surface area contributed by atoms with Crippen molar-refractivity contribution in [1.82, 2.24) is 5.32 Å². The topological polar surface area (TPSA) is 49.3 Å². The Balaban J connectivity index is 2.20. The number of carbonyl (C=O) groups excluding carboxylic acids is 1. The van der Waals surface area contributed by atoms with Crippen LogP contribution in [0, 0.1) is 12.7 Å². The van der Waals surface area contributed by atoms with E-state index in [1.54, 1.807) is 44.2 Å². The number of benzene rings is 2. The van der Waals surface area contributed by atoms with Crippen molar-refractivity contribution >= 4 is 5.91 Å². The number of hydrogen-bond donors (Lipinski definition) is 2. The van der Waals surface area contributed by atoms with Crippen LogP contribution in [0.1, 0.15) is 34.5 Å². The zero-order valence-electron chi connectivity index (χ0n) is 11.4. The van der Waals surface area contributed by atoms with Gasteiger partial charge in [0.2, 0.25) is 0 Å². The number of nitrogens with one attached hydrogen (secondary N) is 1. The maximum Gasteiger partial charge on any atom is 0.252 e. The van der Waals surface area contributed by atoms with Crippen LogP contribution >= 0.6 is 0 Å². The van der Waals surface area contributed by atoms with Gasteiger partial charge in [0.25, 0.3) is 5.91 Å². The van der Waals surface area contributed by atoms with Gasteiger partial charge in [0.1, 0.15) is 11.6 Å². The van der Waals surface area contributed by atoms with Gasteiger partial charge in [0.05, 0.1) is 6.04 Å². The molecule has 4 heteroatoms. The van der Waals surface area contributed by atoms with Crippen LogP contribution in [-0.4, -0.2) is 11.0 Å². The predicted octanol–water partition coefficient (Wildman–Crippen LogP) is 3.33. The number of rotatable bonds is 3. The van der Waals surface area contributed by atoms with E-state index in [1.165, 1.54) is 12.1 Å². The van der Waals surface area contributed by atoms with Crippen molar-refractivity contribution in [2.75, 3.05) is 0 Å². The minimum atomic E-state index is -0.453. The number of carbonyl (C=O) groups is 1. The van der Waals surface area contributed by atoms with E-state index in [9.17, 15) is 14.3 Å². The Labute approximate surface area is 117 Å². The van der Waals surface area contributed by atoms with Gasteiger partial charge >= 0.3 is 0 Å². The van der Waals surface area contributed by atoms with E-state index in [-0.39, 0.29) is 17.5 Å². The molecule has 3 nitrogen and oxygen atoms in total. The van der Waals surface area contributed by atoms with Gasteiger partial charge in [-0.1, -0.05) is 24.3 Å². The highest BCUT2D eigenvalue weighted by atomic mass is 19.1. The third kappa shape index (κ3) is 2.79. The Morgan fingerprint density at radius 2 is 1.90 bits per heavy atom. The number of aromatic hydroxyl groups is 1. The van der Waals surface area contributed by atoms with Gasteiger partial charge in [-0.15, -0.1) is 0 Å². The monoisotopic (exact) mass is 273 g/mol. The zero-order valence-corrected chi connectivity index (χ0v) is 11.4. The molecule has 0 aliphatic heterocycles. The fourth-order valence-corrected chi connectivity index (χ4v) is 2.05. The summed E-state index contributed by atoms with van der Waals surface area (Å²) in [5.74, 6) is -0.627. The van der Waals surface area contributed by atoms with E-state index in [2.05, 4.69) is 5.32 Å². The highest BCUT2D eigenvalue weighted by Gasteiger charge is 2.16. The van der Waals surface area contributed by atoms with Gasteiger partial charge < -0.3 is 10.4 Å². The van der Waals surface area contributed by atoms with Crippen LogP contribution in [-0.2, 0) is 0 Å². The van der Waals surface area contributed by atoms with Crippen molar-refractivity contribution in [3.63, 3.8) is 0 Å². The summed E-state index contributed by atoms with van der Waals surface area (Å²) in [5.41, 5.74) is 1.32. The van der Waals surface area contributed by atoms with Gasteiger partial charge in [0, 0.05) is 16.7 Å². The summed E-state index contributed by atoms with van der Waals surface area (Å²) < 4.78 is 13.6.